The lowest BCUT2D eigenvalue weighted by Crippen LogP contribution is -2.52. The van der Waals surface area contributed by atoms with Crippen LogP contribution in [0.2, 0.25) is 0 Å². The van der Waals surface area contributed by atoms with Gasteiger partial charge in [0.2, 0.25) is 17.7 Å². The highest BCUT2D eigenvalue weighted by molar-refractivity contribution is 6.07. The molecule has 9 nitrogen and oxygen atoms in total. The number of amides is 2. The number of halogens is 3. The summed E-state index contributed by atoms with van der Waals surface area (Å²) in [5, 5.41) is 11.2. The molecule has 2 fully saturated rings. The zero-order valence-corrected chi connectivity index (χ0v) is 19.5. The van der Waals surface area contributed by atoms with Crippen LogP contribution in [0.4, 0.5) is 13.2 Å². The van der Waals surface area contributed by atoms with Crippen molar-refractivity contribution < 1.29 is 32.2 Å². The first-order valence-corrected chi connectivity index (χ1v) is 11.3. The molecule has 3 heterocycles. The number of alkyl halides is 3. The highest BCUT2D eigenvalue weighted by atomic mass is 19.4. The Kier molecular flexibility index (Phi) is 6.87. The molecule has 0 spiro atoms. The van der Waals surface area contributed by atoms with Crippen LogP contribution in [-0.2, 0) is 14.3 Å². The van der Waals surface area contributed by atoms with E-state index in [0.29, 0.717) is 37.4 Å². The second-order valence-electron chi connectivity index (χ2n) is 9.13. The van der Waals surface area contributed by atoms with E-state index in [1.807, 2.05) is 4.90 Å². The van der Waals surface area contributed by atoms with Crippen molar-refractivity contribution in [1.29, 1.82) is 5.41 Å². The maximum absolute atomic E-state index is 13.1. The Morgan fingerprint density at radius 2 is 2.11 bits per heavy atom. The summed E-state index contributed by atoms with van der Waals surface area (Å²) >= 11 is 0. The quantitative estimate of drug-likeness (QED) is 0.340. The fourth-order valence-electron chi connectivity index (χ4n) is 4.61. The van der Waals surface area contributed by atoms with E-state index in [-0.39, 0.29) is 36.6 Å². The molecule has 2 aliphatic heterocycles. The third-order valence-electron chi connectivity index (χ3n) is 6.70. The molecule has 2 amide bonds. The number of carbonyl (C=O) groups is 2. The molecule has 4 rings (SSSR count). The van der Waals surface area contributed by atoms with Crippen molar-refractivity contribution in [1.82, 2.24) is 20.1 Å². The minimum absolute atomic E-state index is 0.0171. The van der Waals surface area contributed by atoms with Crippen molar-refractivity contribution in [3.05, 3.63) is 35.5 Å². The number of ether oxygens (including phenoxy) is 2. The van der Waals surface area contributed by atoms with E-state index in [9.17, 15) is 22.8 Å². The van der Waals surface area contributed by atoms with Crippen molar-refractivity contribution in [2.75, 3.05) is 46.0 Å². The fraction of sp³-hybridized carbons (Fsp3) is 0.565. The van der Waals surface area contributed by atoms with Gasteiger partial charge in [0.1, 0.15) is 5.84 Å². The summed E-state index contributed by atoms with van der Waals surface area (Å²) in [4.78, 5) is 33.2. The van der Waals surface area contributed by atoms with Crippen LogP contribution >= 0.6 is 0 Å². The fourth-order valence-corrected chi connectivity index (χ4v) is 4.61. The van der Waals surface area contributed by atoms with Crippen LogP contribution in [0.1, 0.15) is 24.1 Å². The van der Waals surface area contributed by atoms with E-state index in [4.69, 9.17) is 14.9 Å². The molecule has 0 bridgehead atoms. The summed E-state index contributed by atoms with van der Waals surface area (Å²) in [6, 6.07) is 1.21. The minimum atomic E-state index is -4.47. The second-order valence-corrected chi connectivity index (χ2v) is 9.13. The largest absolute Gasteiger partial charge is 0.468 e. The molecular weight excluding hydrogens is 467 g/mol. The van der Waals surface area contributed by atoms with Crippen molar-refractivity contribution in [3.63, 3.8) is 0 Å². The molecule has 0 radical (unpaired) electrons. The number of aryl methyl sites for hydroxylation is 1. The lowest BCUT2D eigenvalue weighted by molar-refractivity contribution is -0.154. The van der Waals surface area contributed by atoms with E-state index in [1.165, 1.54) is 6.20 Å². The van der Waals surface area contributed by atoms with E-state index in [0.717, 1.165) is 0 Å². The van der Waals surface area contributed by atoms with Gasteiger partial charge in [-0.2, -0.15) is 13.2 Å². The van der Waals surface area contributed by atoms with Crippen LogP contribution in [0, 0.1) is 23.7 Å². The van der Waals surface area contributed by atoms with Gasteiger partial charge < -0.3 is 19.7 Å². The van der Waals surface area contributed by atoms with E-state index >= 15 is 0 Å². The van der Waals surface area contributed by atoms with Gasteiger partial charge in [-0.1, -0.05) is 12.2 Å². The molecule has 0 saturated carbocycles. The topological polar surface area (TPSA) is 108 Å². The summed E-state index contributed by atoms with van der Waals surface area (Å²) in [7, 11) is 0. The maximum Gasteiger partial charge on any atom is 0.422 e. The third kappa shape index (κ3) is 5.18. The van der Waals surface area contributed by atoms with Crippen molar-refractivity contribution in [2.24, 2.45) is 11.3 Å². The molecule has 35 heavy (non-hydrogen) atoms. The Balaban J connectivity index is 1.41. The Bertz CT molecular complexity index is 1040. The van der Waals surface area contributed by atoms with Gasteiger partial charge in [0.25, 0.3) is 0 Å². The minimum Gasteiger partial charge on any atom is -0.468 e. The number of morpholine rings is 1. The van der Waals surface area contributed by atoms with E-state index < -0.39 is 30.2 Å². The molecule has 12 heteroatoms. The van der Waals surface area contributed by atoms with Crippen LogP contribution in [0.3, 0.4) is 0 Å². The van der Waals surface area contributed by atoms with Crippen molar-refractivity contribution in [2.45, 2.75) is 26.1 Å². The summed E-state index contributed by atoms with van der Waals surface area (Å²) in [5.41, 5.74) is 0.142. The maximum atomic E-state index is 13.1. The average molecular weight is 496 g/mol. The molecule has 3 aliphatic rings. The monoisotopic (exact) mass is 495 g/mol. The van der Waals surface area contributed by atoms with Crippen molar-refractivity contribution in [3.8, 4) is 5.88 Å². The van der Waals surface area contributed by atoms with E-state index in [1.54, 1.807) is 37.0 Å². The van der Waals surface area contributed by atoms with E-state index in [2.05, 4.69) is 10.3 Å². The van der Waals surface area contributed by atoms with Crippen molar-refractivity contribution >= 4 is 17.6 Å². The molecule has 2 saturated heterocycles. The molecule has 1 aromatic heterocycles. The predicted octanol–water partition coefficient (Wildman–Crippen LogP) is 1.83. The van der Waals surface area contributed by atoms with Gasteiger partial charge in [-0.05, 0) is 25.5 Å². The van der Waals surface area contributed by atoms with Crippen LogP contribution in [0.5, 0.6) is 5.88 Å². The first-order valence-electron chi connectivity index (χ1n) is 11.3. The standard InChI is InChI=1S/C23H28F3N5O4/c1-14-9-16(10-28-19(14)35-13-23(24,25)26)15(2)31-12-22(4-3-17(22)20(31)33)21(27)29-18(32)11-30-5-7-34-8-6-30/h3-4,9-10,15,17H,5-8,11-13H2,1-2H3,(H2,27,29,32). The average Bonchev–Trinajstić information content (AvgIpc) is 2.97. The number of rotatable bonds is 7. The van der Waals surface area contributed by atoms with Gasteiger partial charge in [0, 0.05) is 31.4 Å². The number of nitrogens with one attached hydrogen (secondary N) is 2. The van der Waals surface area contributed by atoms with Gasteiger partial charge in [-0.3, -0.25) is 19.9 Å². The Morgan fingerprint density at radius 3 is 2.71 bits per heavy atom. The molecule has 3 unspecified atom stereocenters. The third-order valence-corrected chi connectivity index (χ3v) is 6.70. The highest BCUT2D eigenvalue weighted by Crippen LogP contribution is 2.49. The Labute approximate surface area is 200 Å². The number of nitrogens with zero attached hydrogens (tertiary/aromatic N) is 3. The summed E-state index contributed by atoms with van der Waals surface area (Å²) in [6.45, 7) is 4.72. The molecule has 1 aromatic rings. The molecule has 1 aliphatic carbocycles. The number of aromatic nitrogens is 1. The van der Waals surface area contributed by atoms with Crippen LogP contribution in [0.25, 0.3) is 0 Å². The van der Waals surface area contributed by atoms with Gasteiger partial charge in [0.15, 0.2) is 6.61 Å². The predicted molar refractivity (Wildman–Crippen MR) is 119 cm³/mol. The Morgan fingerprint density at radius 1 is 1.40 bits per heavy atom. The number of carbonyl (C=O) groups excluding carboxylic acids is 2. The van der Waals surface area contributed by atoms with Gasteiger partial charge in [0.05, 0.1) is 37.1 Å². The smallest absolute Gasteiger partial charge is 0.422 e. The lowest BCUT2D eigenvalue weighted by atomic mass is 9.68. The molecule has 2 N–H and O–H groups in total. The summed E-state index contributed by atoms with van der Waals surface area (Å²) in [6.07, 6.45) is 0.434. The molecule has 3 atom stereocenters. The number of fused-ring (bicyclic) bond motifs is 1. The molecule has 0 aromatic carbocycles. The normalized spacial score (nSPS) is 25.1. The SMILES string of the molecule is Cc1cc(C(C)N2CC3(C(=N)NC(=O)CN4CCOCC4)C=CC3C2=O)cnc1OCC(F)(F)F. The van der Waals surface area contributed by atoms with Gasteiger partial charge in [-0.15, -0.1) is 0 Å². The zero-order valence-electron chi connectivity index (χ0n) is 19.5. The summed E-state index contributed by atoms with van der Waals surface area (Å²) in [5.74, 6) is -1.17. The second kappa shape index (κ2) is 9.57. The van der Waals surface area contributed by atoms with Crippen LogP contribution in [-0.4, -0.2) is 84.6 Å². The molecular formula is C23H28F3N5O4. The number of likely N-dealkylation sites (tertiary alicyclic amines) is 1. The number of amidine groups is 1. The van der Waals surface area contributed by atoms with Crippen LogP contribution in [0.15, 0.2) is 24.4 Å². The lowest BCUT2D eigenvalue weighted by Gasteiger charge is -2.36. The van der Waals surface area contributed by atoms with Gasteiger partial charge in [-0.25, -0.2) is 4.98 Å². The molecule has 190 valence electrons. The summed E-state index contributed by atoms with van der Waals surface area (Å²) < 4.78 is 47.4. The number of hydrogen-bond donors (Lipinski definition) is 2. The van der Waals surface area contributed by atoms with Gasteiger partial charge >= 0.3 is 6.18 Å². The first-order chi connectivity index (χ1) is 16.5. The van der Waals surface area contributed by atoms with Crippen LogP contribution < -0.4 is 10.1 Å². The number of hydrogen-bond acceptors (Lipinski definition) is 7. The zero-order chi connectivity index (χ0) is 25.4. The highest BCUT2D eigenvalue weighted by Gasteiger charge is 2.58. The number of pyridine rings is 1. The first kappa shape index (κ1) is 25.1. The Hall–Kier alpha value is -2.99.